The van der Waals surface area contributed by atoms with E-state index < -0.39 is 0 Å². The molecule has 1 aromatic rings. The normalized spacial score (nSPS) is 20.6. The maximum absolute atomic E-state index is 9.33. The minimum absolute atomic E-state index is 0.0240. The highest BCUT2D eigenvalue weighted by molar-refractivity contribution is 5.46. The van der Waals surface area contributed by atoms with Crippen LogP contribution in [-0.4, -0.2) is 41.4 Å². The molecule has 94 valence electrons. The van der Waals surface area contributed by atoms with Crippen molar-refractivity contribution in [1.82, 2.24) is 9.97 Å². The van der Waals surface area contributed by atoms with Crippen LogP contribution in [0.25, 0.3) is 0 Å². The highest BCUT2D eigenvalue weighted by atomic mass is 16.5. The monoisotopic (exact) mass is 237 g/mol. The lowest BCUT2D eigenvalue weighted by Crippen LogP contribution is -2.40. The first-order valence-corrected chi connectivity index (χ1v) is 5.95. The number of aromatic nitrogens is 2. The zero-order valence-electron chi connectivity index (χ0n) is 10.4. The number of ether oxygens (including phenoxy) is 1. The van der Waals surface area contributed by atoms with E-state index in [9.17, 15) is 5.11 Å². The van der Waals surface area contributed by atoms with Crippen LogP contribution in [-0.2, 0) is 11.3 Å². The van der Waals surface area contributed by atoms with Crippen molar-refractivity contribution in [3.63, 3.8) is 0 Å². The zero-order valence-corrected chi connectivity index (χ0v) is 10.4. The van der Waals surface area contributed by atoms with Crippen molar-refractivity contribution in [3.05, 3.63) is 17.6 Å². The van der Waals surface area contributed by atoms with Gasteiger partial charge in [-0.3, -0.25) is 0 Å². The molecule has 2 heterocycles. The number of anilines is 1. The van der Waals surface area contributed by atoms with Gasteiger partial charge in [0.1, 0.15) is 11.6 Å². The molecule has 0 bridgehead atoms. The lowest BCUT2D eigenvalue weighted by atomic mass is 10.1. The molecule has 5 nitrogen and oxygen atoms in total. The van der Waals surface area contributed by atoms with Crippen LogP contribution < -0.4 is 4.90 Å². The minimum Gasteiger partial charge on any atom is -0.391 e. The number of aliphatic hydroxyl groups excluding tert-OH is 1. The van der Waals surface area contributed by atoms with E-state index >= 15 is 0 Å². The Labute approximate surface area is 101 Å². The van der Waals surface area contributed by atoms with Gasteiger partial charge in [0.25, 0.3) is 0 Å². The summed E-state index contributed by atoms with van der Waals surface area (Å²) in [6.45, 7) is 3.63. The molecule has 1 fully saturated rings. The number of piperidine rings is 1. The predicted molar refractivity (Wildman–Crippen MR) is 64.9 cm³/mol. The minimum atomic E-state index is -0.0240. The smallest absolute Gasteiger partial charge is 0.137 e. The largest absolute Gasteiger partial charge is 0.391 e. The SMILES string of the molecule is COC1CCCN(c2nc(C)ncc2CO)C1. The van der Waals surface area contributed by atoms with Gasteiger partial charge in [-0.15, -0.1) is 0 Å². The van der Waals surface area contributed by atoms with Gasteiger partial charge in [0, 0.05) is 32.0 Å². The van der Waals surface area contributed by atoms with Gasteiger partial charge in [-0.1, -0.05) is 0 Å². The summed E-state index contributed by atoms with van der Waals surface area (Å²) in [5.41, 5.74) is 0.785. The van der Waals surface area contributed by atoms with Gasteiger partial charge in [0.15, 0.2) is 0 Å². The van der Waals surface area contributed by atoms with Gasteiger partial charge in [0.2, 0.25) is 0 Å². The van der Waals surface area contributed by atoms with E-state index in [4.69, 9.17) is 4.74 Å². The Morgan fingerprint density at radius 1 is 1.59 bits per heavy atom. The molecule has 1 saturated heterocycles. The first-order chi connectivity index (χ1) is 8.24. The molecule has 0 radical (unpaired) electrons. The number of nitrogens with zero attached hydrogens (tertiary/aromatic N) is 3. The summed E-state index contributed by atoms with van der Waals surface area (Å²) in [6.07, 6.45) is 4.14. The van der Waals surface area contributed by atoms with Crippen molar-refractivity contribution in [2.45, 2.75) is 32.5 Å². The van der Waals surface area contributed by atoms with E-state index in [1.54, 1.807) is 13.3 Å². The molecule has 0 saturated carbocycles. The Bertz CT molecular complexity index is 384. The second-order valence-corrected chi connectivity index (χ2v) is 4.37. The lowest BCUT2D eigenvalue weighted by molar-refractivity contribution is 0.0890. The molecule has 0 aliphatic carbocycles. The van der Waals surface area contributed by atoms with Crippen molar-refractivity contribution in [2.24, 2.45) is 0 Å². The third-order valence-corrected chi connectivity index (χ3v) is 3.14. The van der Waals surface area contributed by atoms with Gasteiger partial charge in [-0.25, -0.2) is 9.97 Å². The summed E-state index contributed by atoms with van der Waals surface area (Å²) >= 11 is 0. The molecule has 0 spiro atoms. The molecule has 1 unspecified atom stereocenters. The zero-order chi connectivity index (χ0) is 12.3. The quantitative estimate of drug-likeness (QED) is 0.846. The van der Waals surface area contributed by atoms with Gasteiger partial charge in [-0.05, 0) is 19.8 Å². The van der Waals surface area contributed by atoms with Crippen LogP contribution in [0.4, 0.5) is 5.82 Å². The van der Waals surface area contributed by atoms with E-state index in [-0.39, 0.29) is 12.7 Å². The Kier molecular flexibility index (Phi) is 3.91. The maximum Gasteiger partial charge on any atom is 0.137 e. The number of rotatable bonds is 3. The predicted octanol–water partition coefficient (Wildman–Crippen LogP) is 0.893. The molecule has 0 amide bonds. The molecular weight excluding hydrogens is 218 g/mol. The topological polar surface area (TPSA) is 58.5 Å². The van der Waals surface area contributed by atoms with Crippen LogP contribution in [0.5, 0.6) is 0 Å². The van der Waals surface area contributed by atoms with E-state index in [0.717, 1.165) is 43.1 Å². The molecule has 1 N–H and O–H groups in total. The van der Waals surface area contributed by atoms with Gasteiger partial charge < -0.3 is 14.7 Å². The maximum atomic E-state index is 9.33. The van der Waals surface area contributed by atoms with Crippen molar-refractivity contribution >= 4 is 5.82 Å². The van der Waals surface area contributed by atoms with E-state index in [1.165, 1.54) is 0 Å². The van der Waals surface area contributed by atoms with Crippen LogP contribution in [0.3, 0.4) is 0 Å². The second kappa shape index (κ2) is 5.42. The Balaban J connectivity index is 2.22. The summed E-state index contributed by atoms with van der Waals surface area (Å²) < 4.78 is 5.40. The molecule has 17 heavy (non-hydrogen) atoms. The molecule has 0 aromatic carbocycles. The molecule has 1 aromatic heterocycles. The standard InChI is InChI=1S/C12H19N3O2/c1-9-13-6-10(8-16)12(14-9)15-5-3-4-11(7-15)17-2/h6,11,16H,3-5,7-8H2,1-2H3. The third-order valence-electron chi connectivity index (χ3n) is 3.14. The fourth-order valence-electron chi connectivity index (χ4n) is 2.19. The van der Waals surface area contributed by atoms with Crippen LogP contribution >= 0.6 is 0 Å². The fourth-order valence-corrected chi connectivity index (χ4v) is 2.19. The van der Waals surface area contributed by atoms with Crippen LogP contribution in [0.2, 0.25) is 0 Å². The van der Waals surface area contributed by atoms with E-state index in [1.807, 2.05) is 6.92 Å². The number of aliphatic hydroxyl groups is 1. The van der Waals surface area contributed by atoms with Crippen LogP contribution in [0, 0.1) is 6.92 Å². The van der Waals surface area contributed by atoms with Gasteiger partial charge in [-0.2, -0.15) is 0 Å². The summed E-state index contributed by atoms with van der Waals surface area (Å²) in [4.78, 5) is 10.7. The summed E-state index contributed by atoms with van der Waals surface area (Å²) in [5, 5.41) is 9.33. The van der Waals surface area contributed by atoms with E-state index in [0.29, 0.717) is 0 Å². The molecule has 1 atom stereocenters. The summed E-state index contributed by atoms with van der Waals surface area (Å²) in [6, 6.07) is 0. The van der Waals surface area contributed by atoms with Crippen molar-refractivity contribution in [2.75, 3.05) is 25.1 Å². The first-order valence-electron chi connectivity index (χ1n) is 5.95. The Morgan fingerprint density at radius 3 is 3.12 bits per heavy atom. The highest BCUT2D eigenvalue weighted by Gasteiger charge is 2.22. The van der Waals surface area contributed by atoms with Crippen LogP contribution in [0.1, 0.15) is 24.2 Å². The molecule has 1 aliphatic heterocycles. The molecule has 1 aliphatic rings. The van der Waals surface area contributed by atoms with Crippen LogP contribution in [0.15, 0.2) is 6.20 Å². The highest BCUT2D eigenvalue weighted by Crippen LogP contribution is 2.22. The number of hydrogen-bond donors (Lipinski definition) is 1. The fraction of sp³-hybridized carbons (Fsp3) is 0.667. The van der Waals surface area contributed by atoms with Crippen molar-refractivity contribution < 1.29 is 9.84 Å². The number of aryl methyl sites for hydroxylation is 1. The lowest BCUT2D eigenvalue weighted by Gasteiger charge is -2.33. The van der Waals surface area contributed by atoms with Crippen molar-refractivity contribution in [1.29, 1.82) is 0 Å². The second-order valence-electron chi connectivity index (χ2n) is 4.37. The molecular formula is C12H19N3O2. The van der Waals surface area contributed by atoms with Gasteiger partial charge in [0.05, 0.1) is 12.7 Å². The van der Waals surface area contributed by atoms with Gasteiger partial charge >= 0.3 is 0 Å². The summed E-state index contributed by atoms with van der Waals surface area (Å²) in [7, 11) is 1.74. The molecule has 2 rings (SSSR count). The third kappa shape index (κ3) is 2.73. The van der Waals surface area contributed by atoms with Crippen molar-refractivity contribution in [3.8, 4) is 0 Å². The van der Waals surface area contributed by atoms with E-state index in [2.05, 4.69) is 14.9 Å². The number of hydrogen-bond acceptors (Lipinski definition) is 5. The number of methoxy groups -OCH3 is 1. The summed E-state index contributed by atoms with van der Waals surface area (Å²) in [5.74, 6) is 1.58. The average molecular weight is 237 g/mol. The first kappa shape index (κ1) is 12.3. The molecule has 5 heteroatoms. The average Bonchev–Trinajstić information content (AvgIpc) is 2.39. The Hall–Kier alpha value is -1.20. The Morgan fingerprint density at radius 2 is 2.41 bits per heavy atom.